The summed E-state index contributed by atoms with van der Waals surface area (Å²) >= 11 is 0. The van der Waals surface area contributed by atoms with Gasteiger partial charge in [0, 0.05) is 19.6 Å². The lowest BCUT2D eigenvalue weighted by Crippen LogP contribution is -2.58. The molecule has 0 aromatic heterocycles. The Balaban J connectivity index is 1.89. The second kappa shape index (κ2) is 6.12. The van der Waals surface area contributed by atoms with E-state index in [0.717, 1.165) is 25.7 Å². The van der Waals surface area contributed by atoms with Crippen molar-refractivity contribution in [3.05, 3.63) is 0 Å². The standard InChI is InChI=1S/C15H25NO4/c1-3-20-12-8-11(9-12)10-13(17)16-7-5-4-6-15(16,2)14(18)19/h11-12H,3-10H2,1-2H3,(H,18,19). The average Bonchev–Trinajstić information content (AvgIpc) is 2.36. The first-order valence-electron chi connectivity index (χ1n) is 7.63. The first-order valence-corrected chi connectivity index (χ1v) is 7.63. The molecule has 1 atom stereocenters. The third kappa shape index (κ3) is 2.97. The van der Waals surface area contributed by atoms with Crippen LogP contribution in [0.25, 0.3) is 0 Å². The molecule has 1 unspecified atom stereocenters. The highest BCUT2D eigenvalue weighted by molar-refractivity contribution is 5.87. The van der Waals surface area contributed by atoms with E-state index < -0.39 is 11.5 Å². The Labute approximate surface area is 120 Å². The van der Waals surface area contributed by atoms with Crippen LogP contribution >= 0.6 is 0 Å². The molecule has 1 N–H and O–H groups in total. The molecule has 0 aromatic rings. The smallest absolute Gasteiger partial charge is 0.329 e. The zero-order chi connectivity index (χ0) is 14.8. The maximum atomic E-state index is 12.4. The van der Waals surface area contributed by atoms with E-state index >= 15 is 0 Å². The summed E-state index contributed by atoms with van der Waals surface area (Å²) in [6, 6.07) is 0. The summed E-state index contributed by atoms with van der Waals surface area (Å²) in [5.74, 6) is -0.528. The van der Waals surface area contributed by atoms with Crippen molar-refractivity contribution in [2.45, 2.75) is 64.0 Å². The van der Waals surface area contributed by atoms with E-state index in [0.29, 0.717) is 38.0 Å². The van der Waals surface area contributed by atoms with E-state index in [2.05, 4.69) is 0 Å². The van der Waals surface area contributed by atoms with Gasteiger partial charge in [0.15, 0.2) is 0 Å². The number of amides is 1. The van der Waals surface area contributed by atoms with Crippen molar-refractivity contribution >= 4 is 11.9 Å². The van der Waals surface area contributed by atoms with Crippen LogP contribution in [0.1, 0.15) is 52.4 Å². The molecule has 114 valence electrons. The van der Waals surface area contributed by atoms with E-state index in [1.165, 1.54) is 0 Å². The minimum Gasteiger partial charge on any atom is -0.480 e. The quantitative estimate of drug-likeness (QED) is 0.838. The number of ether oxygens (including phenoxy) is 1. The Morgan fingerprint density at radius 2 is 2.05 bits per heavy atom. The number of nitrogens with zero attached hydrogens (tertiary/aromatic N) is 1. The number of piperidine rings is 1. The molecule has 1 heterocycles. The van der Waals surface area contributed by atoms with Crippen molar-refractivity contribution < 1.29 is 19.4 Å². The molecule has 0 radical (unpaired) electrons. The Morgan fingerprint density at radius 3 is 2.65 bits per heavy atom. The molecule has 0 spiro atoms. The van der Waals surface area contributed by atoms with Gasteiger partial charge >= 0.3 is 5.97 Å². The maximum Gasteiger partial charge on any atom is 0.329 e. The van der Waals surface area contributed by atoms with Crippen LogP contribution in [-0.2, 0) is 14.3 Å². The van der Waals surface area contributed by atoms with Crippen molar-refractivity contribution in [2.75, 3.05) is 13.2 Å². The molecule has 2 fully saturated rings. The first kappa shape index (κ1) is 15.3. The number of hydrogen-bond donors (Lipinski definition) is 1. The van der Waals surface area contributed by atoms with Crippen LogP contribution < -0.4 is 0 Å². The van der Waals surface area contributed by atoms with Gasteiger partial charge < -0.3 is 14.7 Å². The van der Waals surface area contributed by atoms with Crippen LogP contribution in [0.5, 0.6) is 0 Å². The van der Waals surface area contributed by atoms with E-state index in [-0.39, 0.29) is 5.91 Å². The molecular weight excluding hydrogens is 258 g/mol. The Hall–Kier alpha value is -1.10. The number of rotatable bonds is 5. The number of likely N-dealkylation sites (tertiary alicyclic amines) is 1. The number of aliphatic carboxylic acids is 1. The Bertz CT molecular complexity index is 378. The second-order valence-corrected chi connectivity index (χ2v) is 6.20. The van der Waals surface area contributed by atoms with Gasteiger partial charge in [0.25, 0.3) is 0 Å². The summed E-state index contributed by atoms with van der Waals surface area (Å²) < 4.78 is 5.50. The molecule has 5 heteroatoms. The van der Waals surface area contributed by atoms with Crippen molar-refractivity contribution in [3.63, 3.8) is 0 Å². The summed E-state index contributed by atoms with van der Waals surface area (Å²) in [5, 5.41) is 9.42. The van der Waals surface area contributed by atoms with Gasteiger partial charge in [0.2, 0.25) is 5.91 Å². The van der Waals surface area contributed by atoms with Gasteiger partial charge in [-0.3, -0.25) is 4.79 Å². The molecule has 1 saturated carbocycles. The molecule has 1 saturated heterocycles. The number of hydrogen-bond acceptors (Lipinski definition) is 3. The maximum absolute atomic E-state index is 12.4. The van der Waals surface area contributed by atoms with Crippen LogP contribution in [0.4, 0.5) is 0 Å². The normalized spacial score (nSPS) is 33.6. The van der Waals surface area contributed by atoms with Crippen LogP contribution in [-0.4, -0.2) is 46.7 Å². The molecule has 2 aliphatic rings. The zero-order valence-corrected chi connectivity index (χ0v) is 12.4. The number of carbonyl (C=O) groups is 2. The second-order valence-electron chi connectivity index (χ2n) is 6.20. The Morgan fingerprint density at radius 1 is 1.35 bits per heavy atom. The lowest BCUT2D eigenvalue weighted by atomic mass is 9.79. The fourth-order valence-corrected chi connectivity index (χ4v) is 3.31. The summed E-state index contributed by atoms with van der Waals surface area (Å²) in [7, 11) is 0. The SMILES string of the molecule is CCOC1CC(CC(=O)N2CCCCC2(C)C(=O)O)C1. The Kier molecular flexibility index (Phi) is 4.68. The molecule has 1 amide bonds. The molecule has 1 aliphatic heterocycles. The van der Waals surface area contributed by atoms with E-state index in [1.807, 2.05) is 6.92 Å². The van der Waals surface area contributed by atoms with Crippen molar-refractivity contribution in [2.24, 2.45) is 5.92 Å². The van der Waals surface area contributed by atoms with Gasteiger partial charge in [0.1, 0.15) is 5.54 Å². The topological polar surface area (TPSA) is 66.8 Å². The number of carboxylic acids is 1. The minimum atomic E-state index is -1.02. The fourth-order valence-electron chi connectivity index (χ4n) is 3.31. The zero-order valence-electron chi connectivity index (χ0n) is 12.4. The van der Waals surface area contributed by atoms with Crippen molar-refractivity contribution in [1.29, 1.82) is 0 Å². The third-order valence-electron chi connectivity index (χ3n) is 4.71. The lowest BCUT2D eigenvalue weighted by Gasteiger charge is -2.43. The molecule has 5 nitrogen and oxygen atoms in total. The summed E-state index contributed by atoms with van der Waals surface area (Å²) in [4.78, 5) is 25.5. The first-order chi connectivity index (χ1) is 9.47. The van der Waals surface area contributed by atoms with E-state index in [4.69, 9.17) is 4.74 Å². The van der Waals surface area contributed by atoms with Gasteiger partial charge in [-0.1, -0.05) is 0 Å². The van der Waals surface area contributed by atoms with Gasteiger partial charge in [-0.25, -0.2) is 4.79 Å². The predicted molar refractivity (Wildman–Crippen MR) is 74.4 cm³/mol. The highest BCUT2D eigenvalue weighted by Crippen LogP contribution is 2.35. The van der Waals surface area contributed by atoms with Crippen LogP contribution in [0.2, 0.25) is 0 Å². The lowest BCUT2D eigenvalue weighted by molar-refractivity contribution is -0.162. The van der Waals surface area contributed by atoms with Gasteiger partial charge in [0.05, 0.1) is 6.10 Å². The monoisotopic (exact) mass is 283 g/mol. The molecule has 2 rings (SSSR count). The summed E-state index contributed by atoms with van der Waals surface area (Å²) in [6.07, 6.45) is 4.95. The van der Waals surface area contributed by atoms with E-state index in [9.17, 15) is 14.7 Å². The number of carbonyl (C=O) groups excluding carboxylic acids is 1. The molecular formula is C15H25NO4. The fraction of sp³-hybridized carbons (Fsp3) is 0.867. The molecule has 20 heavy (non-hydrogen) atoms. The largest absolute Gasteiger partial charge is 0.480 e. The van der Waals surface area contributed by atoms with Crippen LogP contribution in [0, 0.1) is 5.92 Å². The summed E-state index contributed by atoms with van der Waals surface area (Å²) in [6.45, 7) is 4.94. The van der Waals surface area contributed by atoms with Gasteiger partial charge in [-0.15, -0.1) is 0 Å². The summed E-state index contributed by atoms with van der Waals surface area (Å²) in [5.41, 5.74) is -1.02. The van der Waals surface area contributed by atoms with Crippen LogP contribution in [0.15, 0.2) is 0 Å². The molecule has 1 aliphatic carbocycles. The molecule has 0 bridgehead atoms. The average molecular weight is 283 g/mol. The van der Waals surface area contributed by atoms with Crippen LogP contribution in [0.3, 0.4) is 0 Å². The number of carboxylic acid groups (broad SMARTS) is 1. The highest BCUT2D eigenvalue weighted by atomic mass is 16.5. The van der Waals surface area contributed by atoms with Crippen molar-refractivity contribution in [1.82, 2.24) is 4.90 Å². The highest BCUT2D eigenvalue weighted by Gasteiger charge is 2.44. The third-order valence-corrected chi connectivity index (χ3v) is 4.71. The van der Waals surface area contributed by atoms with E-state index in [1.54, 1.807) is 11.8 Å². The minimum absolute atomic E-state index is 0.00505. The van der Waals surface area contributed by atoms with Gasteiger partial charge in [-0.2, -0.15) is 0 Å². The molecule has 0 aromatic carbocycles. The van der Waals surface area contributed by atoms with Crippen molar-refractivity contribution in [3.8, 4) is 0 Å². The van der Waals surface area contributed by atoms with Gasteiger partial charge in [-0.05, 0) is 51.9 Å². The predicted octanol–water partition coefficient (Wildman–Crippen LogP) is 2.05.